The van der Waals surface area contributed by atoms with Crippen LogP contribution in [-0.2, 0) is 6.42 Å². The number of H-pyrrole nitrogens is 1. The van der Waals surface area contributed by atoms with Crippen molar-refractivity contribution in [3.05, 3.63) is 17.5 Å². The molecular formula is C14H22N4O. The van der Waals surface area contributed by atoms with Crippen LogP contribution in [0.4, 0.5) is 0 Å². The minimum absolute atomic E-state index is 0.0803. The number of aryl methyl sites for hydroxylation is 1. The van der Waals surface area contributed by atoms with Crippen molar-refractivity contribution in [1.82, 2.24) is 20.4 Å². The van der Waals surface area contributed by atoms with E-state index in [0.717, 1.165) is 51.1 Å². The second-order valence-corrected chi connectivity index (χ2v) is 5.85. The summed E-state index contributed by atoms with van der Waals surface area (Å²) >= 11 is 0. The predicted octanol–water partition coefficient (Wildman–Crippen LogP) is 1.19. The van der Waals surface area contributed by atoms with Gasteiger partial charge in [0, 0.05) is 25.3 Å². The summed E-state index contributed by atoms with van der Waals surface area (Å²) in [7, 11) is 0. The molecule has 5 heteroatoms. The molecule has 2 fully saturated rings. The lowest BCUT2D eigenvalue weighted by atomic mass is 9.78. The number of likely N-dealkylation sites (tertiary alicyclic amines) is 1. The van der Waals surface area contributed by atoms with Gasteiger partial charge in [-0.05, 0) is 43.7 Å². The SMILES string of the molecule is CCc1cc(C(=O)N2CCC3(CCNC3)CC2)n[nH]1. The molecule has 2 aliphatic rings. The van der Waals surface area contributed by atoms with Gasteiger partial charge >= 0.3 is 0 Å². The summed E-state index contributed by atoms with van der Waals surface area (Å²) in [5.41, 5.74) is 2.05. The quantitative estimate of drug-likeness (QED) is 0.841. The molecule has 1 aromatic rings. The highest BCUT2D eigenvalue weighted by molar-refractivity contribution is 5.92. The first kappa shape index (κ1) is 12.7. The third-order valence-corrected chi connectivity index (χ3v) is 4.67. The van der Waals surface area contributed by atoms with Gasteiger partial charge in [0.25, 0.3) is 5.91 Å². The van der Waals surface area contributed by atoms with Crippen LogP contribution >= 0.6 is 0 Å². The van der Waals surface area contributed by atoms with Crippen LogP contribution in [0, 0.1) is 5.41 Å². The van der Waals surface area contributed by atoms with Gasteiger partial charge in [0.1, 0.15) is 5.69 Å². The predicted molar refractivity (Wildman–Crippen MR) is 73.0 cm³/mol. The summed E-state index contributed by atoms with van der Waals surface area (Å²) in [5, 5.41) is 10.5. The van der Waals surface area contributed by atoms with E-state index in [9.17, 15) is 4.79 Å². The van der Waals surface area contributed by atoms with Crippen molar-refractivity contribution in [1.29, 1.82) is 0 Å². The fourth-order valence-electron chi connectivity index (χ4n) is 3.22. The van der Waals surface area contributed by atoms with E-state index in [1.165, 1.54) is 6.42 Å². The number of hydrogen-bond acceptors (Lipinski definition) is 3. The summed E-state index contributed by atoms with van der Waals surface area (Å²) in [6, 6.07) is 1.88. The summed E-state index contributed by atoms with van der Waals surface area (Å²) in [4.78, 5) is 14.3. The van der Waals surface area contributed by atoms with Crippen LogP contribution in [0.3, 0.4) is 0 Å². The molecule has 1 spiro atoms. The van der Waals surface area contributed by atoms with E-state index in [-0.39, 0.29) is 5.91 Å². The zero-order chi connectivity index (χ0) is 13.3. The number of carbonyl (C=O) groups excluding carboxylic acids is 1. The molecular weight excluding hydrogens is 240 g/mol. The Bertz CT molecular complexity index is 452. The number of rotatable bonds is 2. The van der Waals surface area contributed by atoms with E-state index < -0.39 is 0 Å². The van der Waals surface area contributed by atoms with Crippen LogP contribution in [0.5, 0.6) is 0 Å². The third-order valence-electron chi connectivity index (χ3n) is 4.67. The molecule has 0 saturated carbocycles. The van der Waals surface area contributed by atoms with E-state index in [1.54, 1.807) is 0 Å². The molecule has 0 bridgehead atoms. The van der Waals surface area contributed by atoms with Gasteiger partial charge in [0.05, 0.1) is 0 Å². The minimum Gasteiger partial charge on any atom is -0.337 e. The largest absolute Gasteiger partial charge is 0.337 e. The molecule has 3 heterocycles. The summed E-state index contributed by atoms with van der Waals surface area (Å²) in [6.45, 7) is 6.05. The van der Waals surface area contributed by atoms with Crippen molar-refractivity contribution in [2.24, 2.45) is 5.41 Å². The van der Waals surface area contributed by atoms with E-state index >= 15 is 0 Å². The van der Waals surface area contributed by atoms with Gasteiger partial charge in [-0.25, -0.2) is 0 Å². The molecule has 3 rings (SSSR count). The normalized spacial score (nSPS) is 22.1. The second-order valence-electron chi connectivity index (χ2n) is 5.85. The fraction of sp³-hybridized carbons (Fsp3) is 0.714. The number of carbonyl (C=O) groups is 1. The molecule has 0 atom stereocenters. The molecule has 2 saturated heterocycles. The van der Waals surface area contributed by atoms with Gasteiger partial charge in [-0.15, -0.1) is 0 Å². The van der Waals surface area contributed by atoms with Crippen LogP contribution in [0.15, 0.2) is 6.07 Å². The molecule has 19 heavy (non-hydrogen) atoms. The molecule has 104 valence electrons. The van der Waals surface area contributed by atoms with Crippen molar-refractivity contribution in [2.75, 3.05) is 26.2 Å². The minimum atomic E-state index is 0.0803. The number of aromatic amines is 1. The van der Waals surface area contributed by atoms with Crippen LogP contribution in [0.1, 0.15) is 42.4 Å². The number of aromatic nitrogens is 2. The molecule has 2 N–H and O–H groups in total. The monoisotopic (exact) mass is 262 g/mol. The van der Waals surface area contributed by atoms with Crippen molar-refractivity contribution in [3.8, 4) is 0 Å². The first-order chi connectivity index (χ1) is 9.22. The Morgan fingerprint density at radius 3 is 2.79 bits per heavy atom. The maximum absolute atomic E-state index is 12.4. The maximum Gasteiger partial charge on any atom is 0.274 e. The Labute approximate surface area is 113 Å². The van der Waals surface area contributed by atoms with Crippen LogP contribution in [-0.4, -0.2) is 47.2 Å². The van der Waals surface area contributed by atoms with Crippen molar-refractivity contribution >= 4 is 5.91 Å². The second kappa shape index (κ2) is 4.96. The van der Waals surface area contributed by atoms with E-state index in [1.807, 2.05) is 11.0 Å². The molecule has 5 nitrogen and oxygen atoms in total. The van der Waals surface area contributed by atoms with Gasteiger partial charge in [-0.2, -0.15) is 5.10 Å². The van der Waals surface area contributed by atoms with E-state index in [4.69, 9.17) is 0 Å². The van der Waals surface area contributed by atoms with Gasteiger partial charge in [0.2, 0.25) is 0 Å². The first-order valence-electron chi connectivity index (χ1n) is 7.27. The fourth-order valence-corrected chi connectivity index (χ4v) is 3.22. The zero-order valence-electron chi connectivity index (χ0n) is 11.5. The van der Waals surface area contributed by atoms with Gasteiger partial charge in [-0.3, -0.25) is 9.89 Å². The lowest BCUT2D eigenvalue weighted by Crippen LogP contribution is -2.44. The Balaban J connectivity index is 1.63. The Hall–Kier alpha value is -1.36. The van der Waals surface area contributed by atoms with Crippen molar-refractivity contribution in [3.63, 3.8) is 0 Å². The van der Waals surface area contributed by atoms with Gasteiger partial charge in [0.15, 0.2) is 0 Å². The Morgan fingerprint density at radius 1 is 1.42 bits per heavy atom. The van der Waals surface area contributed by atoms with Crippen molar-refractivity contribution in [2.45, 2.75) is 32.6 Å². The standard InChI is InChI=1S/C14H22N4O/c1-2-11-9-12(17-16-11)13(19)18-7-4-14(5-8-18)3-6-15-10-14/h9,15H,2-8,10H2,1H3,(H,16,17). The van der Waals surface area contributed by atoms with E-state index in [0.29, 0.717) is 11.1 Å². The number of nitrogens with zero attached hydrogens (tertiary/aromatic N) is 2. The van der Waals surface area contributed by atoms with Crippen molar-refractivity contribution < 1.29 is 4.79 Å². The highest BCUT2D eigenvalue weighted by Gasteiger charge is 2.38. The lowest BCUT2D eigenvalue weighted by Gasteiger charge is -2.38. The highest BCUT2D eigenvalue weighted by Crippen LogP contribution is 2.37. The molecule has 0 unspecified atom stereocenters. The molecule has 2 aliphatic heterocycles. The number of amides is 1. The number of hydrogen-bond donors (Lipinski definition) is 2. The van der Waals surface area contributed by atoms with Gasteiger partial charge < -0.3 is 10.2 Å². The Morgan fingerprint density at radius 2 is 2.21 bits per heavy atom. The molecule has 0 aliphatic carbocycles. The molecule has 1 aromatic heterocycles. The number of piperidine rings is 1. The first-order valence-corrected chi connectivity index (χ1v) is 7.27. The zero-order valence-corrected chi connectivity index (χ0v) is 11.5. The third kappa shape index (κ3) is 2.39. The average molecular weight is 262 g/mol. The maximum atomic E-state index is 12.4. The highest BCUT2D eigenvalue weighted by atomic mass is 16.2. The lowest BCUT2D eigenvalue weighted by molar-refractivity contribution is 0.0602. The van der Waals surface area contributed by atoms with E-state index in [2.05, 4.69) is 22.4 Å². The molecule has 0 aromatic carbocycles. The molecule has 1 amide bonds. The summed E-state index contributed by atoms with van der Waals surface area (Å²) in [6.07, 6.45) is 4.39. The number of nitrogens with one attached hydrogen (secondary N) is 2. The average Bonchev–Trinajstić information content (AvgIpc) is 3.08. The summed E-state index contributed by atoms with van der Waals surface area (Å²) in [5.74, 6) is 0.0803. The van der Waals surface area contributed by atoms with Gasteiger partial charge in [-0.1, -0.05) is 6.92 Å². The van der Waals surface area contributed by atoms with Crippen LogP contribution in [0.25, 0.3) is 0 Å². The summed E-state index contributed by atoms with van der Waals surface area (Å²) < 4.78 is 0. The van der Waals surface area contributed by atoms with Crippen LogP contribution in [0.2, 0.25) is 0 Å². The Kier molecular flexibility index (Phi) is 3.31. The van der Waals surface area contributed by atoms with Crippen LogP contribution < -0.4 is 5.32 Å². The molecule has 0 radical (unpaired) electrons. The smallest absolute Gasteiger partial charge is 0.274 e. The topological polar surface area (TPSA) is 61.0 Å².